The molecule has 0 amide bonds. The lowest BCUT2D eigenvalue weighted by Crippen LogP contribution is -2.38. The molecule has 0 fully saturated rings. The van der Waals surface area contributed by atoms with Gasteiger partial charge >= 0.3 is 0 Å². The van der Waals surface area contributed by atoms with Crippen LogP contribution in [0.4, 0.5) is 0 Å². The molecule has 206 valence electrons. The molecule has 0 aliphatic rings. The molecule has 0 aromatic carbocycles. The maximum atomic E-state index is 12.7. The highest BCUT2D eigenvalue weighted by atomic mass is 16.3. The van der Waals surface area contributed by atoms with Crippen LogP contribution < -0.4 is 0 Å². The molecule has 0 bridgehead atoms. The second-order valence-corrected chi connectivity index (χ2v) is 10.1. The highest BCUT2D eigenvalue weighted by Gasteiger charge is 2.46. The highest BCUT2D eigenvalue weighted by molar-refractivity contribution is 5.34. The number of hydrogen-bond acceptors (Lipinski definition) is 7. The van der Waals surface area contributed by atoms with Crippen molar-refractivity contribution in [3.63, 3.8) is 0 Å². The summed E-state index contributed by atoms with van der Waals surface area (Å²) in [5, 5.41) is 12.7. The predicted molar refractivity (Wildman–Crippen MR) is 151 cm³/mol. The minimum atomic E-state index is -1.70. The molecule has 0 spiro atoms. The van der Waals surface area contributed by atoms with Crippen LogP contribution in [0, 0.1) is 0 Å². The Labute approximate surface area is 226 Å². The quantitative estimate of drug-likeness (QED) is 0.307. The Morgan fingerprint density at radius 1 is 0.658 bits per heavy atom. The fraction of sp³-hybridized carbons (Fsp3) is 0.464. The molecule has 0 radical (unpaired) electrons. The summed E-state index contributed by atoms with van der Waals surface area (Å²) in [6.07, 6.45) is 11.0. The number of aliphatic hydroxyl groups is 1. The normalized spacial score (nSPS) is 12.2. The first-order valence-electron chi connectivity index (χ1n) is 12.7. The van der Waals surface area contributed by atoms with Crippen LogP contribution in [0.1, 0.15) is 34.6 Å². The van der Waals surface area contributed by atoms with Gasteiger partial charge in [0.15, 0.2) is 17.5 Å². The molecule has 0 aliphatic heterocycles. The highest BCUT2D eigenvalue weighted by Crippen LogP contribution is 2.35. The molecule has 10 heteroatoms. The van der Waals surface area contributed by atoms with Crippen LogP contribution in [0.3, 0.4) is 0 Å². The first-order chi connectivity index (χ1) is 18.1. The lowest BCUT2D eigenvalue weighted by molar-refractivity contribution is 0.0855. The third-order valence-electron chi connectivity index (χ3n) is 6.84. The van der Waals surface area contributed by atoms with Gasteiger partial charge in [0.1, 0.15) is 0 Å². The van der Waals surface area contributed by atoms with Crippen LogP contribution in [0.25, 0.3) is 0 Å². The van der Waals surface area contributed by atoms with E-state index in [0.717, 1.165) is 36.7 Å². The summed E-state index contributed by atoms with van der Waals surface area (Å²) in [7, 11) is 11.8. The lowest BCUT2D eigenvalue weighted by atomic mass is 10.0. The third-order valence-corrected chi connectivity index (χ3v) is 6.84. The maximum Gasteiger partial charge on any atom is 0.239 e. The summed E-state index contributed by atoms with van der Waals surface area (Å²) in [6, 6.07) is 0. The molecule has 0 aliphatic carbocycles. The first-order valence-corrected chi connectivity index (χ1v) is 12.7. The predicted octanol–water partition coefficient (Wildman–Crippen LogP) is 2.02. The molecule has 0 unspecified atom stereocenters. The van der Waals surface area contributed by atoms with Crippen LogP contribution in [-0.2, 0) is 46.4 Å². The van der Waals surface area contributed by atoms with Gasteiger partial charge in [-0.15, -0.1) is 19.7 Å². The van der Waals surface area contributed by atoms with Gasteiger partial charge in [0.25, 0.3) is 0 Å². The minimum absolute atomic E-state index is 0.457. The van der Waals surface area contributed by atoms with Crippen molar-refractivity contribution in [3.05, 3.63) is 91.1 Å². The van der Waals surface area contributed by atoms with E-state index in [9.17, 15) is 5.11 Å². The monoisotopic (exact) mass is 521 g/mol. The largest absolute Gasteiger partial charge is 0.368 e. The average molecular weight is 522 g/mol. The summed E-state index contributed by atoms with van der Waals surface area (Å²) < 4.78 is 5.82. The summed E-state index contributed by atoms with van der Waals surface area (Å²) in [5.41, 5.74) is 1.19. The lowest BCUT2D eigenvalue weighted by Gasteiger charge is -2.28. The van der Waals surface area contributed by atoms with E-state index in [0.29, 0.717) is 37.1 Å². The Hall–Kier alpha value is -3.31. The molecule has 1 N–H and O–H groups in total. The molecule has 3 aromatic heterocycles. The van der Waals surface area contributed by atoms with Crippen molar-refractivity contribution in [3.8, 4) is 0 Å². The van der Waals surface area contributed by atoms with E-state index < -0.39 is 5.60 Å². The third kappa shape index (κ3) is 5.88. The smallest absolute Gasteiger partial charge is 0.239 e. The number of aromatic nitrogens is 6. The van der Waals surface area contributed by atoms with Crippen molar-refractivity contribution in [2.45, 2.75) is 25.2 Å². The Morgan fingerprint density at radius 3 is 1.16 bits per heavy atom. The van der Waals surface area contributed by atoms with Gasteiger partial charge in [0, 0.05) is 79.0 Å². The van der Waals surface area contributed by atoms with E-state index in [4.69, 9.17) is 15.0 Å². The summed E-state index contributed by atoms with van der Waals surface area (Å²) >= 11 is 0. The molecule has 3 heterocycles. The van der Waals surface area contributed by atoms with E-state index in [-0.39, 0.29) is 0 Å². The zero-order valence-corrected chi connectivity index (χ0v) is 23.8. The fourth-order valence-electron chi connectivity index (χ4n) is 4.77. The fourth-order valence-corrected chi connectivity index (χ4v) is 4.77. The number of nitrogens with zero attached hydrogens (tertiary/aromatic N) is 9. The number of hydrogen-bond donors (Lipinski definition) is 1. The molecular weight excluding hydrogens is 478 g/mol. The summed E-state index contributed by atoms with van der Waals surface area (Å²) in [5.74, 6) is 1.37. The van der Waals surface area contributed by atoms with Gasteiger partial charge < -0.3 is 18.8 Å². The SMILES string of the molecule is C=CCN(C)Cc1cnc(C(O)(c2ncc(CN(C)CC=C)n2C)c2ncc(CN(C)CC=C)n2C)n1C. The zero-order valence-electron chi connectivity index (χ0n) is 23.8. The molecular formula is C28H43N9O. The van der Waals surface area contributed by atoms with Gasteiger partial charge in [-0.2, -0.15) is 0 Å². The van der Waals surface area contributed by atoms with Gasteiger partial charge in [-0.1, -0.05) is 18.2 Å². The van der Waals surface area contributed by atoms with Crippen molar-refractivity contribution in [2.24, 2.45) is 21.1 Å². The Bertz CT molecular complexity index is 1100. The molecule has 10 nitrogen and oxygen atoms in total. The van der Waals surface area contributed by atoms with Crippen molar-refractivity contribution in [1.29, 1.82) is 0 Å². The second-order valence-electron chi connectivity index (χ2n) is 10.1. The van der Waals surface area contributed by atoms with Crippen LogP contribution in [-0.4, -0.2) is 89.2 Å². The van der Waals surface area contributed by atoms with E-state index in [1.807, 2.05) is 92.8 Å². The Morgan fingerprint density at radius 2 is 0.921 bits per heavy atom. The van der Waals surface area contributed by atoms with Crippen molar-refractivity contribution >= 4 is 0 Å². The molecule has 0 saturated heterocycles. The van der Waals surface area contributed by atoms with Crippen LogP contribution >= 0.6 is 0 Å². The summed E-state index contributed by atoms with van der Waals surface area (Å²) in [4.78, 5) is 20.6. The van der Waals surface area contributed by atoms with Gasteiger partial charge in [-0.25, -0.2) is 15.0 Å². The second kappa shape index (κ2) is 12.5. The molecule has 0 saturated carbocycles. The van der Waals surface area contributed by atoms with E-state index in [1.165, 1.54) is 0 Å². The van der Waals surface area contributed by atoms with Crippen molar-refractivity contribution < 1.29 is 5.11 Å². The number of likely N-dealkylation sites (N-methyl/N-ethyl adjacent to an activating group) is 3. The molecule has 0 atom stereocenters. The minimum Gasteiger partial charge on any atom is -0.368 e. The van der Waals surface area contributed by atoms with Crippen molar-refractivity contribution in [2.75, 3.05) is 40.8 Å². The van der Waals surface area contributed by atoms with Gasteiger partial charge in [0.05, 0.1) is 17.1 Å². The Balaban J connectivity index is 2.15. The van der Waals surface area contributed by atoms with Gasteiger partial charge in [-0.05, 0) is 21.1 Å². The standard InChI is InChI=1S/C28H43N9O/c1-10-13-32(4)19-22-16-29-25(35(22)7)28(38,26-30-17-23(36(26)8)20-33(5)14-11-2)27-31-18-24(37(27)9)21-34(6)15-12-3/h10-12,16-18,38H,1-3,13-15,19-21H2,4-9H3. The topological polar surface area (TPSA) is 83.4 Å². The van der Waals surface area contributed by atoms with Crippen molar-refractivity contribution in [1.82, 2.24) is 43.4 Å². The maximum absolute atomic E-state index is 12.7. The van der Waals surface area contributed by atoms with E-state index >= 15 is 0 Å². The van der Waals surface area contributed by atoms with Crippen LogP contribution in [0.2, 0.25) is 0 Å². The molecule has 3 rings (SSSR count). The number of rotatable bonds is 15. The van der Waals surface area contributed by atoms with E-state index in [2.05, 4.69) is 34.4 Å². The number of imidazole rings is 3. The Kier molecular flexibility index (Phi) is 9.61. The van der Waals surface area contributed by atoms with Gasteiger partial charge in [0.2, 0.25) is 5.60 Å². The van der Waals surface area contributed by atoms with Gasteiger partial charge in [-0.3, -0.25) is 14.7 Å². The first kappa shape index (κ1) is 29.2. The molecule has 38 heavy (non-hydrogen) atoms. The van der Waals surface area contributed by atoms with Crippen LogP contribution in [0.5, 0.6) is 0 Å². The average Bonchev–Trinajstić information content (AvgIpc) is 3.52. The van der Waals surface area contributed by atoms with Crippen LogP contribution in [0.15, 0.2) is 56.6 Å². The van der Waals surface area contributed by atoms with E-state index in [1.54, 1.807) is 0 Å². The molecule has 3 aromatic rings. The summed E-state index contributed by atoms with van der Waals surface area (Å²) in [6.45, 7) is 15.7. The zero-order chi connectivity index (χ0) is 28.0.